The second-order valence-corrected chi connectivity index (χ2v) is 38.8. The van der Waals surface area contributed by atoms with Crippen molar-refractivity contribution >= 4 is 141 Å². The predicted molar refractivity (Wildman–Crippen MR) is 590 cm³/mol. The van der Waals surface area contributed by atoms with Gasteiger partial charge in [-0.3, -0.25) is 0 Å². The average molecular weight is 1820 g/mol. The van der Waals surface area contributed by atoms with Crippen LogP contribution in [0.3, 0.4) is 0 Å². The van der Waals surface area contributed by atoms with Crippen LogP contribution >= 0.6 is 22.7 Å². The highest BCUT2D eigenvalue weighted by atomic mass is 32.1. The Hall–Kier alpha value is -17.5. The van der Waals surface area contributed by atoms with Crippen LogP contribution < -0.4 is 9.80 Å². The number of para-hydroxylation sites is 4. The zero-order valence-electron chi connectivity index (χ0n) is 76.2. The van der Waals surface area contributed by atoms with Crippen LogP contribution in [0.1, 0.15) is 44.5 Å². The molecular formula is C134H86N2O2S2. The van der Waals surface area contributed by atoms with Gasteiger partial charge in [-0.05, 0) is 244 Å². The molecule has 656 valence electrons. The topological polar surface area (TPSA) is 32.8 Å². The minimum atomic E-state index is -0.476. The molecule has 0 bridgehead atoms. The van der Waals surface area contributed by atoms with Crippen molar-refractivity contribution in [3.8, 4) is 89.0 Å². The number of rotatable bonds is 16. The smallest absolute Gasteiger partial charge is 0.143 e. The fourth-order valence-electron chi connectivity index (χ4n) is 22.8. The Morgan fingerprint density at radius 3 is 0.936 bits per heavy atom. The van der Waals surface area contributed by atoms with Crippen LogP contribution in [0.5, 0.6) is 0 Å². The van der Waals surface area contributed by atoms with Crippen LogP contribution in [-0.2, 0) is 10.8 Å². The van der Waals surface area contributed by atoms with Gasteiger partial charge in [-0.1, -0.05) is 400 Å². The molecule has 28 rings (SSSR count). The molecule has 22 aromatic carbocycles. The van der Waals surface area contributed by atoms with Gasteiger partial charge in [-0.2, -0.15) is 0 Å². The third-order valence-corrected chi connectivity index (χ3v) is 31.5. The van der Waals surface area contributed by atoms with Gasteiger partial charge in [-0.25, -0.2) is 0 Å². The SMILES string of the molecule is c1ccc(C2(c3ccccc3)c3ccccc3-c3cc(N(c4ccc(-c5cccc(-c6ccc7sc8ccccc8c7c6)c5)cc4)c4ccc(-c5cccc6c5oc5ccccc56)cc4)ccc32)cc1.c1ccc(C2(c3ccccc3)c3ccccc3-c3cc(N(c4ccc(-c5cccc(-c6cccc7c6sc6ccccc67)c5)cc4)c4ccc(-c5cccc6c5oc5ccccc56)cc4)ccc32)cc1. The van der Waals surface area contributed by atoms with E-state index in [4.69, 9.17) is 8.83 Å². The molecule has 4 aromatic heterocycles. The molecule has 26 aromatic rings. The van der Waals surface area contributed by atoms with Crippen molar-refractivity contribution in [3.63, 3.8) is 0 Å². The number of benzene rings is 22. The molecule has 140 heavy (non-hydrogen) atoms. The first kappa shape index (κ1) is 82.0. The number of nitrogens with zero attached hydrogens (tertiary/aromatic N) is 2. The number of furan rings is 2. The molecular weight excluding hydrogens is 1730 g/mol. The highest BCUT2D eigenvalue weighted by molar-refractivity contribution is 7.26. The molecule has 0 aliphatic heterocycles. The first-order chi connectivity index (χ1) is 69.4. The van der Waals surface area contributed by atoms with E-state index in [1.807, 2.05) is 46.9 Å². The van der Waals surface area contributed by atoms with Gasteiger partial charge in [0, 0.05) is 107 Å². The minimum Gasteiger partial charge on any atom is -0.455 e. The summed E-state index contributed by atoms with van der Waals surface area (Å²) in [6.07, 6.45) is 0. The Morgan fingerprint density at radius 1 is 0.164 bits per heavy atom. The van der Waals surface area contributed by atoms with E-state index in [1.165, 1.54) is 152 Å². The lowest BCUT2D eigenvalue weighted by atomic mass is 9.68. The lowest BCUT2D eigenvalue weighted by molar-refractivity contribution is 0.669. The summed E-state index contributed by atoms with van der Waals surface area (Å²) < 4.78 is 18.3. The molecule has 2 aliphatic rings. The van der Waals surface area contributed by atoms with Gasteiger partial charge in [-0.15, -0.1) is 22.7 Å². The monoisotopic (exact) mass is 1820 g/mol. The van der Waals surface area contributed by atoms with Gasteiger partial charge >= 0.3 is 0 Å². The lowest BCUT2D eigenvalue weighted by Gasteiger charge is -2.34. The molecule has 0 radical (unpaired) electrons. The summed E-state index contributed by atoms with van der Waals surface area (Å²) in [5, 5.41) is 9.78. The van der Waals surface area contributed by atoms with E-state index in [2.05, 4.69) is 507 Å². The van der Waals surface area contributed by atoms with Crippen molar-refractivity contribution < 1.29 is 8.83 Å². The Morgan fingerprint density at radius 2 is 0.471 bits per heavy atom. The minimum absolute atomic E-state index is 0.476. The van der Waals surface area contributed by atoms with Crippen LogP contribution in [0.2, 0.25) is 0 Å². The van der Waals surface area contributed by atoms with Gasteiger partial charge in [0.25, 0.3) is 0 Å². The molecule has 2 aliphatic carbocycles. The van der Waals surface area contributed by atoms with E-state index in [1.54, 1.807) is 0 Å². The summed E-state index contributed by atoms with van der Waals surface area (Å²) in [5.41, 5.74) is 38.3. The first-order valence-electron chi connectivity index (χ1n) is 48.0. The van der Waals surface area contributed by atoms with Crippen molar-refractivity contribution in [2.75, 3.05) is 9.80 Å². The van der Waals surface area contributed by atoms with E-state index in [0.29, 0.717) is 0 Å². The maximum atomic E-state index is 6.51. The standard InChI is InChI=1S/2C67H43NOS/c1-3-18-48(19-4-1)67(49-20-5-2-6-21-49)61-29-10-7-22-55(61)60-43-52(40-41-62(60)67)68(51-38-34-45(35-39-51)53-25-14-27-58-56-23-8-11-30-63(56)69-65(53)58)50-36-32-44(33-37-50)46-16-13-17-47(42-46)54-26-15-28-59-57-24-9-12-31-64(57)70-66(54)59;1-3-17-49(18-4-1)67(50-19-5-2-6-20-50)61-26-10-7-21-55(61)59-43-53(38-39-62(59)67)68(52-36-31-45(32-37-52)54-24-14-25-58-56-22-8-11-27-63(56)69-66(54)58)51-34-29-44(30-35-51)46-15-13-16-47(41-46)48-33-40-65-60(42-48)57-23-9-12-28-64(57)70-65/h2*1-43H. The summed E-state index contributed by atoms with van der Waals surface area (Å²) in [6, 6.07) is 191. The number of hydrogen-bond acceptors (Lipinski definition) is 6. The maximum Gasteiger partial charge on any atom is 0.143 e. The summed E-state index contributed by atoms with van der Waals surface area (Å²) in [6.45, 7) is 0. The number of hydrogen-bond donors (Lipinski definition) is 0. The van der Waals surface area contributed by atoms with E-state index >= 15 is 0 Å². The van der Waals surface area contributed by atoms with Crippen molar-refractivity contribution in [2.24, 2.45) is 0 Å². The molecule has 0 saturated carbocycles. The van der Waals surface area contributed by atoms with Gasteiger partial charge in [0.05, 0.1) is 10.8 Å². The molecule has 0 unspecified atom stereocenters. The highest BCUT2D eigenvalue weighted by Gasteiger charge is 2.48. The van der Waals surface area contributed by atoms with Gasteiger partial charge in [0.2, 0.25) is 0 Å². The summed E-state index contributed by atoms with van der Waals surface area (Å²) in [7, 11) is 0. The van der Waals surface area contributed by atoms with Gasteiger partial charge < -0.3 is 18.6 Å². The molecule has 0 saturated heterocycles. The van der Waals surface area contributed by atoms with Crippen LogP contribution in [0.15, 0.2) is 531 Å². The molecule has 6 heteroatoms. The molecule has 0 spiro atoms. The predicted octanol–water partition coefficient (Wildman–Crippen LogP) is 37.6. The summed E-state index contributed by atoms with van der Waals surface area (Å²) in [4.78, 5) is 4.81. The quantitative estimate of drug-likeness (QED) is 0.0965. The Labute approximate surface area is 819 Å². The van der Waals surface area contributed by atoms with Crippen molar-refractivity contribution in [1.29, 1.82) is 0 Å². The van der Waals surface area contributed by atoms with Crippen LogP contribution in [0, 0.1) is 0 Å². The van der Waals surface area contributed by atoms with Crippen molar-refractivity contribution in [3.05, 3.63) is 566 Å². The maximum absolute atomic E-state index is 6.51. The van der Waals surface area contributed by atoms with E-state index in [9.17, 15) is 0 Å². The molecule has 0 fully saturated rings. The van der Waals surface area contributed by atoms with E-state index < -0.39 is 10.8 Å². The zero-order valence-corrected chi connectivity index (χ0v) is 77.8. The lowest BCUT2D eigenvalue weighted by Crippen LogP contribution is -2.28. The zero-order chi connectivity index (χ0) is 92.4. The molecule has 4 nitrogen and oxygen atoms in total. The summed E-state index contributed by atoms with van der Waals surface area (Å²) in [5.74, 6) is 0. The Bertz CT molecular complexity index is 9210. The van der Waals surface area contributed by atoms with Crippen LogP contribution in [0.4, 0.5) is 34.1 Å². The third kappa shape index (κ3) is 13.5. The third-order valence-electron chi connectivity index (χ3n) is 29.2. The first-order valence-corrected chi connectivity index (χ1v) is 49.6. The van der Waals surface area contributed by atoms with Crippen molar-refractivity contribution in [1.82, 2.24) is 0 Å². The second-order valence-electron chi connectivity index (χ2n) is 36.7. The van der Waals surface area contributed by atoms with E-state index in [-0.39, 0.29) is 0 Å². The molecule has 0 atom stereocenters. The molecule has 4 heterocycles. The van der Waals surface area contributed by atoms with Gasteiger partial charge in [0.1, 0.15) is 22.3 Å². The summed E-state index contributed by atoms with van der Waals surface area (Å²) >= 11 is 3.74. The van der Waals surface area contributed by atoms with Crippen LogP contribution in [-0.4, -0.2) is 0 Å². The van der Waals surface area contributed by atoms with Crippen molar-refractivity contribution in [2.45, 2.75) is 10.8 Å². The fraction of sp³-hybridized carbons (Fsp3) is 0.0149. The number of thiophene rings is 2. The molecule has 0 amide bonds. The fourth-order valence-corrected chi connectivity index (χ4v) is 25.1. The van der Waals surface area contributed by atoms with Gasteiger partial charge in [0.15, 0.2) is 0 Å². The number of anilines is 6. The van der Waals surface area contributed by atoms with Crippen LogP contribution in [0.25, 0.3) is 173 Å². The largest absolute Gasteiger partial charge is 0.455 e. The van der Waals surface area contributed by atoms with E-state index in [0.717, 1.165) is 100 Å². The highest BCUT2D eigenvalue weighted by Crippen LogP contribution is 2.60. The molecule has 0 N–H and O–H groups in total. The second kappa shape index (κ2) is 33.8. The normalized spacial score (nSPS) is 12.7. The Kier molecular flexibility index (Phi) is 19.8. The average Bonchev–Trinajstić information content (AvgIpc) is 1.54. The Balaban J connectivity index is 0.000000141. The number of fused-ring (bicyclic) bond motifs is 18.